The number of aryl methyl sites for hydroxylation is 1. The van der Waals surface area contributed by atoms with Crippen LogP contribution in [0, 0.1) is 6.92 Å². The van der Waals surface area contributed by atoms with Crippen LogP contribution in [0.4, 0.5) is 0 Å². The standard InChI is InChI=1S/C18H24N2O2S/c1-6-20(11-15(21)19-18(3,4)5)17(22)16-12(2)13-9-7-8-10-14(13)23-16/h7-10H,6,11H2,1-5H3,(H,19,21). The van der Waals surface area contributed by atoms with Crippen LogP contribution in [-0.4, -0.2) is 35.3 Å². The van der Waals surface area contributed by atoms with E-state index in [0.717, 1.165) is 20.5 Å². The van der Waals surface area contributed by atoms with E-state index in [1.807, 2.05) is 58.9 Å². The molecule has 2 aromatic rings. The van der Waals surface area contributed by atoms with E-state index in [-0.39, 0.29) is 23.9 Å². The Bertz CT molecular complexity index is 728. The van der Waals surface area contributed by atoms with Gasteiger partial charge in [0, 0.05) is 16.8 Å². The second kappa shape index (κ2) is 6.71. The fourth-order valence-electron chi connectivity index (χ4n) is 2.48. The highest BCUT2D eigenvalue weighted by molar-refractivity contribution is 7.21. The maximum Gasteiger partial charge on any atom is 0.264 e. The molecule has 2 amide bonds. The summed E-state index contributed by atoms with van der Waals surface area (Å²) in [7, 11) is 0. The summed E-state index contributed by atoms with van der Waals surface area (Å²) >= 11 is 1.49. The zero-order valence-corrected chi connectivity index (χ0v) is 15.2. The van der Waals surface area contributed by atoms with Crippen molar-refractivity contribution in [2.24, 2.45) is 0 Å². The van der Waals surface area contributed by atoms with Crippen LogP contribution in [0.5, 0.6) is 0 Å². The Morgan fingerprint density at radius 2 is 1.87 bits per heavy atom. The predicted molar refractivity (Wildman–Crippen MR) is 96.0 cm³/mol. The molecule has 124 valence electrons. The summed E-state index contributed by atoms with van der Waals surface area (Å²) in [5.74, 6) is -0.207. The third-order valence-electron chi connectivity index (χ3n) is 3.56. The molecule has 0 radical (unpaired) electrons. The number of amides is 2. The second-order valence-electron chi connectivity index (χ2n) is 6.67. The van der Waals surface area contributed by atoms with Crippen molar-refractivity contribution in [3.8, 4) is 0 Å². The van der Waals surface area contributed by atoms with E-state index in [9.17, 15) is 9.59 Å². The van der Waals surface area contributed by atoms with Crippen LogP contribution in [0.3, 0.4) is 0 Å². The van der Waals surface area contributed by atoms with E-state index in [0.29, 0.717) is 6.54 Å². The predicted octanol–water partition coefficient (Wildman–Crippen LogP) is 3.59. The van der Waals surface area contributed by atoms with Crippen LogP contribution < -0.4 is 5.32 Å². The number of likely N-dealkylation sites (N-methyl/N-ethyl adjacent to an activating group) is 1. The molecule has 1 N–H and O–H groups in total. The lowest BCUT2D eigenvalue weighted by Gasteiger charge is -2.25. The molecule has 0 aliphatic carbocycles. The molecule has 0 aliphatic heterocycles. The van der Waals surface area contributed by atoms with Crippen molar-refractivity contribution in [3.05, 3.63) is 34.7 Å². The molecule has 1 aromatic heterocycles. The normalized spacial score (nSPS) is 11.5. The summed E-state index contributed by atoms with van der Waals surface area (Å²) in [6.45, 7) is 10.2. The second-order valence-corrected chi connectivity index (χ2v) is 7.72. The van der Waals surface area contributed by atoms with E-state index >= 15 is 0 Å². The molecular formula is C18H24N2O2S. The molecule has 0 saturated carbocycles. The first-order chi connectivity index (χ1) is 10.7. The minimum absolute atomic E-state index is 0.0738. The Labute approximate surface area is 141 Å². The number of carbonyl (C=O) groups excluding carboxylic acids is 2. The van der Waals surface area contributed by atoms with E-state index in [2.05, 4.69) is 5.32 Å². The van der Waals surface area contributed by atoms with Gasteiger partial charge in [0.2, 0.25) is 5.91 Å². The first-order valence-corrected chi connectivity index (χ1v) is 8.63. The van der Waals surface area contributed by atoms with E-state index in [1.165, 1.54) is 11.3 Å². The van der Waals surface area contributed by atoms with Crippen LogP contribution in [0.15, 0.2) is 24.3 Å². The van der Waals surface area contributed by atoms with Crippen molar-refractivity contribution in [2.75, 3.05) is 13.1 Å². The van der Waals surface area contributed by atoms with Gasteiger partial charge in [0.1, 0.15) is 0 Å². The Morgan fingerprint density at radius 3 is 2.43 bits per heavy atom. The summed E-state index contributed by atoms with van der Waals surface area (Å²) < 4.78 is 1.10. The average molecular weight is 332 g/mol. The van der Waals surface area contributed by atoms with Crippen molar-refractivity contribution in [3.63, 3.8) is 0 Å². The molecule has 1 heterocycles. The molecule has 0 unspecified atom stereocenters. The number of hydrogen-bond donors (Lipinski definition) is 1. The van der Waals surface area contributed by atoms with Gasteiger partial charge in [-0.3, -0.25) is 9.59 Å². The molecule has 0 spiro atoms. The number of hydrogen-bond acceptors (Lipinski definition) is 3. The summed E-state index contributed by atoms with van der Waals surface area (Å²) in [5.41, 5.74) is 0.692. The zero-order chi connectivity index (χ0) is 17.2. The maximum atomic E-state index is 12.8. The van der Waals surface area contributed by atoms with Crippen LogP contribution in [-0.2, 0) is 4.79 Å². The minimum atomic E-state index is -0.299. The number of nitrogens with one attached hydrogen (secondary N) is 1. The number of benzene rings is 1. The lowest BCUT2D eigenvalue weighted by molar-refractivity contribution is -0.123. The number of rotatable bonds is 4. The zero-order valence-electron chi connectivity index (χ0n) is 14.4. The summed E-state index contributed by atoms with van der Waals surface area (Å²) in [6, 6.07) is 8.00. The Morgan fingerprint density at radius 1 is 1.22 bits per heavy atom. The fraction of sp³-hybridized carbons (Fsp3) is 0.444. The Balaban J connectivity index is 2.22. The highest BCUT2D eigenvalue weighted by atomic mass is 32.1. The summed E-state index contributed by atoms with van der Waals surface area (Å²) in [4.78, 5) is 27.3. The van der Waals surface area contributed by atoms with Crippen LogP contribution in [0.25, 0.3) is 10.1 Å². The van der Waals surface area contributed by atoms with Gasteiger partial charge < -0.3 is 10.2 Å². The molecule has 0 aliphatic rings. The molecule has 0 fully saturated rings. The van der Waals surface area contributed by atoms with Gasteiger partial charge in [0.05, 0.1) is 11.4 Å². The van der Waals surface area contributed by atoms with Gasteiger partial charge in [0.25, 0.3) is 5.91 Å². The number of fused-ring (bicyclic) bond motifs is 1. The highest BCUT2D eigenvalue weighted by Crippen LogP contribution is 2.31. The van der Waals surface area contributed by atoms with Gasteiger partial charge in [0.15, 0.2) is 0 Å². The summed E-state index contributed by atoms with van der Waals surface area (Å²) in [5, 5.41) is 4.01. The van der Waals surface area contributed by atoms with Crippen molar-refractivity contribution >= 4 is 33.2 Å². The number of carbonyl (C=O) groups is 2. The van der Waals surface area contributed by atoms with Crippen LogP contribution >= 0.6 is 11.3 Å². The molecule has 0 atom stereocenters. The molecule has 23 heavy (non-hydrogen) atoms. The Hall–Kier alpha value is -1.88. The molecule has 0 saturated heterocycles. The lowest BCUT2D eigenvalue weighted by Crippen LogP contribution is -2.47. The third kappa shape index (κ3) is 4.10. The van der Waals surface area contributed by atoms with Crippen molar-refractivity contribution in [2.45, 2.75) is 40.2 Å². The van der Waals surface area contributed by atoms with Crippen LogP contribution in [0.2, 0.25) is 0 Å². The quantitative estimate of drug-likeness (QED) is 0.930. The number of thiophene rings is 1. The smallest absolute Gasteiger partial charge is 0.264 e. The molecule has 0 bridgehead atoms. The van der Waals surface area contributed by atoms with Gasteiger partial charge >= 0.3 is 0 Å². The first-order valence-electron chi connectivity index (χ1n) is 7.81. The monoisotopic (exact) mass is 332 g/mol. The minimum Gasteiger partial charge on any atom is -0.350 e. The molecule has 5 heteroatoms. The SMILES string of the molecule is CCN(CC(=O)NC(C)(C)C)C(=O)c1sc2ccccc2c1C. The van der Waals surface area contributed by atoms with E-state index in [4.69, 9.17) is 0 Å². The Kier molecular flexibility index (Phi) is 5.09. The van der Waals surface area contributed by atoms with Crippen molar-refractivity contribution < 1.29 is 9.59 Å². The molecule has 4 nitrogen and oxygen atoms in total. The maximum absolute atomic E-state index is 12.8. The average Bonchev–Trinajstić information content (AvgIpc) is 2.80. The molecular weight excluding hydrogens is 308 g/mol. The molecule has 2 rings (SSSR count). The van der Waals surface area contributed by atoms with Crippen molar-refractivity contribution in [1.82, 2.24) is 10.2 Å². The third-order valence-corrected chi connectivity index (χ3v) is 4.82. The lowest BCUT2D eigenvalue weighted by atomic mass is 10.1. The largest absolute Gasteiger partial charge is 0.350 e. The van der Waals surface area contributed by atoms with Gasteiger partial charge in [-0.05, 0) is 51.6 Å². The fourth-order valence-corrected chi connectivity index (χ4v) is 3.66. The van der Waals surface area contributed by atoms with Gasteiger partial charge in [-0.25, -0.2) is 0 Å². The van der Waals surface area contributed by atoms with Crippen molar-refractivity contribution in [1.29, 1.82) is 0 Å². The van der Waals surface area contributed by atoms with E-state index in [1.54, 1.807) is 4.90 Å². The van der Waals surface area contributed by atoms with Gasteiger partial charge in [-0.15, -0.1) is 11.3 Å². The topological polar surface area (TPSA) is 49.4 Å². The van der Waals surface area contributed by atoms with Crippen LogP contribution in [0.1, 0.15) is 42.9 Å². The number of nitrogens with zero attached hydrogens (tertiary/aromatic N) is 1. The highest BCUT2D eigenvalue weighted by Gasteiger charge is 2.23. The summed E-state index contributed by atoms with van der Waals surface area (Å²) in [6.07, 6.45) is 0. The first kappa shape index (κ1) is 17.5. The molecule has 1 aromatic carbocycles. The van der Waals surface area contributed by atoms with Gasteiger partial charge in [-0.2, -0.15) is 0 Å². The van der Waals surface area contributed by atoms with E-state index < -0.39 is 0 Å². The van der Waals surface area contributed by atoms with Gasteiger partial charge in [-0.1, -0.05) is 18.2 Å².